The van der Waals surface area contributed by atoms with Crippen LogP contribution in [0.2, 0.25) is 0 Å². The van der Waals surface area contributed by atoms with Crippen LogP contribution in [0.5, 0.6) is 0 Å². The third-order valence-electron chi connectivity index (χ3n) is 6.01. The van der Waals surface area contributed by atoms with Gasteiger partial charge in [-0.25, -0.2) is 0 Å². The van der Waals surface area contributed by atoms with E-state index in [1.54, 1.807) is 13.8 Å². The Bertz CT molecular complexity index is 775. The number of carbonyl (C=O) groups excluding carboxylic acids is 1. The molecule has 2 N–H and O–H groups in total. The summed E-state index contributed by atoms with van der Waals surface area (Å²) in [6, 6.07) is 8.29. The van der Waals surface area contributed by atoms with Crippen LogP contribution >= 0.6 is 0 Å². The van der Waals surface area contributed by atoms with Crippen LogP contribution in [0.3, 0.4) is 0 Å². The molecule has 0 aromatic heterocycles. The Kier molecular flexibility index (Phi) is 7.23. The van der Waals surface area contributed by atoms with Crippen molar-refractivity contribution < 1.29 is 14.6 Å². The zero-order valence-electron chi connectivity index (χ0n) is 18.8. The molecule has 2 fully saturated rings. The van der Waals surface area contributed by atoms with Crippen molar-refractivity contribution in [2.24, 2.45) is 5.92 Å². The maximum atomic E-state index is 11.8. The Labute approximate surface area is 181 Å². The number of rotatable bonds is 5. The second kappa shape index (κ2) is 9.51. The molecule has 5 nitrogen and oxygen atoms in total. The number of likely N-dealkylation sites (tertiary alicyclic amines) is 1. The zero-order valence-corrected chi connectivity index (χ0v) is 18.8. The molecule has 0 saturated carbocycles. The van der Waals surface area contributed by atoms with E-state index in [1.165, 1.54) is 5.56 Å². The summed E-state index contributed by atoms with van der Waals surface area (Å²) in [5.74, 6) is 5.99. The van der Waals surface area contributed by atoms with Gasteiger partial charge in [0, 0.05) is 37.7 Å². The average Bonchev–Trinajstić information content (AvgIpc) is 3.09. The maximum absolute atomic E-state index is 11.8. The minimum atomic E-state index is -0.968. The van der Waals surface area contributed by atoms with Gasteiger partial charge in [0.15, 0.2) is 0 Å². The first-order valence-corrected chi connectivity index (χ1v) is 11.2. The van der Waals surface area contributed by atoms with Crippen LogP contribution in [0.15, 0.2) is 24.3 Å². The largest absolute Gasteiger partial charge is 0.378 e. The van der Waals surface area contributed by atoms with Gasteiger partial charge < -0.3 is 15.2 Å². The summed E-state index contributed by atoms with van der Waals surface area (Å²) < 4.78 is 6.41. The van der Waals surface area contributed by atoms with Crippen LogP contribution in [0.4, 0.5) is 0 Å². The van der Waals surface area contributed by atoms with Crippen molar-refractivity contribution in [3.63, 3.8) is 0 Å². The van der Waals surface area contributed by atoms with E-state index in [0.29, 0.717) is 6.54 Å². The van der Waals surface area contributed by atoms with Crippen LogP contribution in [0.1, 0.15) is 64.5 Å². The fourth-order valence-corrected chi connectivity index (χ4v) is 4.12. The van der Waals surface area contributed by atoms with Crippen molar-refractivity contribution >= 4 is 5.91 Å². The highest BCUT2D eigenvalue weighted by Crippen LogP contribution is 2.39. The van der Waals surface area contributed by atoms with Gasteiger partial charge >= 0.3 is 0 Å². The molecule has 30 heavy (non-hydrogen) atoms. The number of ether oxygens (including phenoxy) is 1. The van der Waals surface area contributed by atoms with E-state index < -0.39 is 5.60 Å². The summed E-state index contributed by atoms with van der Waals surface area (Å²) in [7, 11) is 0. The summed E-state index contributed by atoms with van der Waals surface area (Å²) in [4.78, 5) is 14.3. The number of hydrogen-bond donors (Lipinski definition) is 2. The Morgan fingerprint density at radius 1 is 1.27 bits per heavy atom. The van der Waals surface area contributed by atoms with Crippen molar-refractivity contribution in [2.75, 3.05) is 19.6 Å². The lowest BCUT2D eigenvalue weighted by Crippen LogP contribution is -2.45. The van der Waals surface area contributed by atoms with Gasteiger partial charge in [-0.05, 0) is 57.2 Å². The molecule has 3 rings (SSSR count). The van der Waals surface area contributed by atoms with Gasteiger partial charge in [0.05, 0.1) is 11.7 Å². The van der Waals surface area contributed by atoms with Crippen LogP contribution in [-0.4, -0.2) is 52.9 Å². The van der Waals surface area contributed by atoms with Gasteiger partial charge in [0.2, 0.25) is 5.91 Å². The molecule has 2 aliphatic heterocycles. The van der Waals surface area contributed by atoms with Crippen LogP contribution in [-0.2, 0) is 16.1 Å². The highest BCUT2D eigenvalue weighted by molar-refractivity contribution is 5.77. The summed E-state index contributed by atoms with van der Waals surface area (Å²) in [5, 5.41) is 12.7. The number of carbonyl (C=O) groups is 1. The molecule has 1 aromatic rings. The zero-order chi connectivity index (χ0) is 21.8. The van der Waals surface area contributed by atoms with E-state index in [0.717, 1.165) is 50.9 Å². The Morgan fingerprint density at radius 2 is 1.93 bits per heavy atom. The van der Waals surface area contributed by atoms with Crippen LogP contribution in [0.25, 0.3) is 0 Å². The van der Waals surface area contributed by atoms with Gasteiger partial charge in [0.25, 0.3) is 0 Å². The predicted molar refractivity (Wildman–Crippen MR) is 119 cm³/mol. The van der Waals surface area contributed by atoms with E-state index in [-0.39, 0.29) is 23.5 Å². The number of hydrogen-bond acceptors (Lipinski definition) is 4. The van der Waals surface area contributed by atoms with E-state index >= 15 is 0 Å². The molecule has 1 unspecified atom stereocenters. The first kappa shape index (κ1) is 22.8. The molecule has 1 spiro atoms. The van der Waals surface area contributed by atoms with Crippen molar-refractivity contribution in [2.45, 2.75) is 77.2 Å². The number of aliphatic hydroxyl groups is 1. The molecular weight excluding hydrogens is 376 g/mol. The topological polar surface area (TPSA) is 61.8 Å². The molecule has 0 bridgehead atoms. The lowest BCUT2D eigenvalue weighted by molar-refractivity contribution is -0.125. The summed E-state index contributed by atoms with van der Waals surface area (Å²) >= 11 is 0. The quantitative estimate of drug-likeness (QED) is 0.730. The van der Waals surface area contributed by atoms with Crippen molar-refractivity contribution in [1.82, 2.24) is 10.2 Å². The third-order valence-corrected chi connectivity index (χ3v) is 6.01. The Hall–Kier alpha value is -1.87. The number of nitrogens with zero attached hydrogens (tertiary/aromatic N) is 1. The van der Waals surface area contributed by atoms with Crippen molar-refractivity contribution in [3.05, 3.63) is 35.4 Å². The minimum Gasteiger partial charge on any atom is -0.378 e. The molecule has 1 atom stereocenters. The Balaban J connectivity index is 1.44. The standard InChI is InChI=1S/C25H36N2O3/c1-19(2)23(28)26-17-22-10-12-25(30-22)13-15-27(16-14-25)18-21-7-5-20(6-8-21)9-11-24(3,4)29/h5-8,19,22,29H,10,12-18H2,1-4H3,(H,26,28). The fraction of sp³-hybridized carbons (Fsp3) is 0.640. The second-order valence-electron chi connectivity index (χ2n) is 9.64. The SMILES string of the molecule is CC(C)C(=O)NCC1CCC2(CCN(Cc3ccc(C#CC(C)(C)O)cc3)CC2)O1. The van der Waals surface area contributed by atoms with Gasteiger partial charge in [-0.2, -0.15) is 0 Å². The number of amides is 1. The van der Waals surface area contributed by atoms with Crippen LogP contribution < -0.4 is 5.32 Å². The van der Waals surface area contributed by atoms with E-state index in [1.807, 2.05) is 26.0 Å². The monoisotopic (exact) mass is 412 g/mol. The summed E-state index contributed by atoms with van der Waals surface area (Å²) in [5.41, 5.74) is 1.24. The molecule has 0 aliphatic carbocycles. The third kappa shape index (κ3) is 6.57. The fourth-order valence-electron chi connectivity index (χ4n) is 4.12. The van der Waals surface area contributed by atoms with E-state index in [9.17, 15) is 9.90 Å². The van der Waals surface area contributed by atoms with E-state index in [2.05, 4.69) is 34.2 Å². The summed E-state index contributed by atoms with van der Waals surface area (Å²) in [6.45, 7) is 10.8. The lowest BCUT2D eigenvalue weighted by Gasteiger charge is -2.39. The van der Waals surface area contributed by atoms with Gasteiger partial charge in [-0.1, -0.05) is 37.8 Å². The predicted octanol–water partition coefficient (Wildman–Crippen LogP) is 3.09. The van der Waals surface area contributed by atoms with Crippen molar-refractivity contribution in [1.29, 1.82) is 0 Å². The van der Waals surface area contributed by atoms with Gasteiger partial charge in [-0.3, -0.25) is 9.69 Å². The minimum absolute atomic E-state index is 0.000268. The Morgan fingerprint density at radius 3 is 2.53 bits per heavy atom. The number of nitrogens with one attached hydrogen (secondary N) is 1. The first-order chi connectivity index (χ1) is 14.1. The van der Waals surface area contributed by atoms with Crippen molar-refractivity contribution in [3.8, 4) is 11.8 Å². The highest BCUT2D eigenvalue weighted by atomic mass is 16.5. The average molecular weight is 413 g/mol. The molecule has 5 heteroatoms. The summed E-state index contributed by atoms with van der Waals surface area (Å²) in [6.07, 6.45) is 4.38. The maximum Gasteiger partial charge on any atom is 0.222 e. The first-order valence-electron chi connectivity index (χ1n) is 11.2. The highest BCUT2D eigenvalue weighted by Gasteiger charge is 2.42. The molecule has 2 saturated heterocycles. The number of benzene rings is 1. The van der Waals surface area contributed by atoms with Gasteiger partial charge in [0.1, 0.15) is 5.60 Å². The normalized spacial score (nSPS) is 21.5. The molecular formula is C25H36N2O3. The smallest absolute Gasteiger partial charge is 0.222 e. The molecule has 2 aliphatic rings. The molecule has 1 amide bonds. The van der Waals surface area contributed by atoms with E-state index in [4.69, 9.17) is 4.74 Å². The molecule has 164 valence electrons. The lowest BCUT2D eigenvalue weighted by atomic mass is 9.88. The van der Waals surface area contributed by atoms with Gasteiger partial charge in [-0.15, -0.1) is 0 Å². The van der Waals surface area contributed by atoms with Crippen LogP contribution in [0, 0.1) is 17.8 Å². The molecule has 2 heterocycles. The second-order valence-corrected chi connectivity index (χ2v) is 9.64. The molecule has 1 aromatic carbocycles. The number of piperidine rings is 1. The molecule has 0 radical (unpaired) electrons.